The molecule has 0 saturated heterocycles. The molecule has 0 radical (unpaired) electrons. The summed E-state index contributed by atoms with van der Waals surface area (Å²) in [4.78, 5) is 0. The molecule has 0 aliphatic rings. The molecule has 0 aliphatic carbocycles. The second kappa shape index (κ2) is 24.6. The lowest BCUT2D eigenvalue weighted by Gasteiger charge is -1.95. The van der Waals surface area contributed by atoms with E-state index in [1.165, 1.54) is 38.9 Å². The number of hydrogen-bond acceptors (Lipinski definition) is 0. The van der Waals surface area contributed by atoms with E-state index >= 15 is 0 Å². The summed E-state index contributed by atoms with van der Waals surface area (Å²) in [6.07, 6.45) is 10.7. The summed E-state index contributed by atoms with van der Waals surface area (Å²) in [5.74, 6) is 0. The average Bonchev–Trinajstić information content (AvgIpc) is 2.99. The normalized spacial score (nSPS) is 8.28. The van der Waals surface area contributed by atoms with Crippen LogP contribution >= 0.6 is 0 Å². The molecule has 4 rings (SSSR count). The molecule has 40 heavy (non-hydrogen) atoms. The third kappa shape index (κ3) is 18.5. The van der Waals surface area contributed by atoms with E-state index < -0.39 is 0 Å². The van der Waals surface area contributed by atoms with Gasteiger partial charge in [-0.15, -0.1) is 0 Å². The van der Waals surface area contributed by atoms with Crippen LogP contribution in [0.25, 0.3) is 24.3 Å². The molecule has 0 nitrogen and oxygen atoms in total. The van der Waals surface area contributed by atoms with Crippen LogP contribution in [0.15, 0.2) is 155 Å². The highest BCUT2D eigenvalue weighted by Gasteiger charge is 1.87. The van der Waals surface area contributed by atoms with E-state index in [0.717, 1.165) is 0 Å². The molecule has 208 valence electrons. The summed E-state index contributed by atoms with van der Waals surface area (Å²) in [5.41, 5.74) is 8.63. The van der Waals surface area contributed by atoms with E-state index in [4.69, 9.17) is 0 Å². The Kier molecular flexibility index (Phi) is 23.1. The van der Waals surface area contributed by atoms with Gasteiger partial charge in [0.25, 0.3) is 0 Å². The molecular weight excluding hydrogens is 480 g/mol. The Labute approximate surface area is 245 Å². The van der Waals surface area contributed by atoms with Gasteiger partial charge in [-0.2, -0.15) is 0 Å². The Morgan fingerprint density at radius 3 is 1.27 bits per heavy atom. The molecule has 4 aromatic rings. The molecule has 0 N–H and O–H groups in total. The molecule has 0 amide bonds. The minimum absolute atomic E-state index is 0. The van der Waals surface area contributed by atoms with Crippen LogP contribution in [0, 0.1) is 20.8 Å². The van der Waals surface area contributed by atoms with E-state index in [2.05, 4.69) is 109 Å². The zero-order valence-electron chi connectivity index (χ0n) is 24.0. The van der Waals surface area contributed by atoms with Gasteiger partial charge in [0.1, 0.15) is 0 Å². The van der Waals surface area contributed by atoms with Gasteiger partial charge in [0, 0.05) is 0 Å². The van der Waals surface area contributed by atoms with E-state index in [1.807, 2.05) is 78.9 Å². The van der Waals surface area contributed by atoms with E-state index in [1.54, 1.807) is 12.2 Å². The number of benzene rings is 4. The van der Waals surface area contributed by atoms with Gasteiger partial charge < -0.3 is 0 Å². The van der Waals surface area contributed by atoms with Gasteiger partial charge in [0.05, 0.1) is 0 Å². The van der Waals surface area contributed by atoms with Crippen LogP contribution < -0.4 is 0 Å². The lowest BCUT2D eigenvalue weighted by atomic mass is 10.1. The van der Waals surface area contributed by atoms with Crippen molar-refractivity contribution in [1.29, 1.82) is 0 Å². The fourth-order valence-corrected chi connectivity index (χ4v) is 2.90. The Morgan fingerprint density at radius 1 is 0.425 bits per heavy atom. The average molecular weight is 529 g/mol. The Hall–Kier alpha value is -4.68. The lowest BCUT2D eigenvalue weighted by Crippen LogP contribution is -1.75. The number of allylic oxidation sites excluding steroid dienone is 2. The first-order chi connectivity index (χ1) is 18.8. The van der Waals surface area contributed by atoms with E-state index in [9.17, 15) is 0 Å². The van der Waals surface area contributed by atoms with Gasteiger partial charge in [-0.1, -0.05) is 198 Å². The highest BCUT2D eigenvalue weighted by molar-refractivity contribution is 5.51. The molecule has 0 heteroatoms. The standard InChI is InChI=1S/3C9H10.C8H8.C4H6.CH4/c1-3-9-6-4-8(2)5-7-9;1-3-9-6-4-5-8(2)7-9;1-3-9-7-5-4-6-8(9)2;1-2-8-6-4-3-5-7-8;1-3-4-2;/h3*3-7H,1H2,2H3;2-7H,1H2;3-4H,1-2H2;1H4. The van der Waals surface area contributed by atoms with Crippen LogP contribution in [-0.4, -0.2) is 0 Å². The SMILES string of the molecule is C.C=CC=C.C=Cc1ccc(C)cc1.C=Cc1cccc(C)c1.C=Cc1ccccc1.C=Cc1ccccc1C. The summed E-state index contributed by atoms with van der Waals surface area (Å²) in [5, 5.41) is 0. The Morgan fingerprint density at radius 2 is 0.900 bits per heavy atom. The Bertz CT molecular complexity index is 1250. The van der Waals surface area contributed by atoms with Gasteiger partial charge in [-0.25, -0.2) is 0 Å². The molecule has 0 fully saturated rings. The maximum Gasteiger partial charge on any atom is -0.0233 e. The molecule has 0 saturated carbocycles. The van der Waals surface area contributed by atoms with Crippen LogP contribution in [0.1, 0.15) is 46.4 Å². The van der Waals surface area contributed by atoms with Crippen LogP contribution in [0.2, 0.25) is 0 Å². The first kappa shape index (κ1) is 37.5. The zero-order chi connectivity index (χ0) is 29.3. The number of hydrogen-bond donors (Lipinski definition) is 0. The summed E-state index contributed by atoms with van der Waals surface area (Å²) < 4.78 is 0. The van der Waals surface area contributed by atoms with E-state index in [0.29, 0.717) is 0 Å². The van der Waals surface area contributed by atoms with Crippen molar-refractivity contribution >= 4 is 24.3 Å². The van der Waals surface area contributed by atoms with Crippen molar-refractivity contribution in [3.63, 3.8) is 0 Å². The van der Waals surface area contributed by atoms with Gasteiger partial charge in [-0.05, 0) is 48.6 Å². The second-order valence-electron chi connectivity index (χ2n) is 8.38. The molecular formula is C40H48. The molecule has 0 spiro atoms. The fourth-order valence-electron chi connectivity index (χ4n) is 2.90. The molecule has 0 bridgehead atoms. The van der Waals surface area contributed by atoms with Crippen molar-refractivity contribution in [2.45, 2.75) is 28.2 Å². The van der Waals surface area contributed by atoms with Crippen LogP contribution in [0.5, 0.6) is 0 Å². The minimum Gasteiger partial charge on any atom is -0.0991 e. The zero-order valence-corrected chi connectivity index (χ0v) is 24.0. The molecule has 0 aliphatic heterocycles. The summed E-state index contributed by atoms with van der Waals surface area (Å²) in [7, 11) is 0. The number of aryl methyl sites for hydroxylation is 3. The minimum atomic E-state index is 0. The quantitative estimate of drug-likeness (QED) is 0.226. The van der Waals surface area contributed by atoms with Gasteiger partial charge in [-0.3, -0.25) is 0 Å². The molecule has 0 unspecified atom stereocenters. The molecule has 0 heterocycles. The highest BCUT2D eigenvalue weighted by Crippen LogP contribution is 2.07. The second-order valence-corrected chi connectivity index (χ2v) is 8.38. The Balaban J connectivity index is 0. The van der Waals surface area contributed by atoms with Crippen molar-refractivity contribution in [1.82, 2.24) is 0 Å². The molecule has 4 aromatic carbocycles. The van der Waals surface area contributed by atoms with Gasteiger partial charge >= 0.3 is 0 Å². The lowest BCUT2D eigenvalue weighted by molar-refractivity contribution is 1.45. The summed E-state index contributed by atoms with van der Waals surface area (Å²) in [6, 6.07) is 34.7. The third-order valence-corrected chi connectivity index (χ3v) is 5.20. The van der Waals surface area contributed by atoms with Crippen LogP contribution in [0.4, 0.5) is 0 Å². The molecule has 0 aromatic heterocycles. The van der Waals surface area contributed by atoms with Crippen molar-refractivity contribution in [2.24, 2.45) is 0 Å². The number of rotatable bonds is 5. The summed E-state index contributed by atoms with van der Waals surface area (Å²) >= 11 is 0. The first-order valence-corrected chi connectivity index (χ1v) is 12.8. The maximum absolute atomic E-state index is 3.69. The van der Waals surface area contributed by atoms with Crippen LogP contribution in [-0.2, 0) is 0 Å². The summed E-state index contributed by atoms with van der Waals surface area (Å²) in [6.45, 7) is 27.6. The fraction of sp³-hybridized carbons (Fsp3) is 0.100. The molecule has 0 atom stereocenters. The van der Waals surface area contributed by atoms with Crippen LogP contribution in [0.3, 0.4) is 0 Å². The van der Waals surface area contributed by atoms with Crippen molar-refractivity contribution < 1.29 is 0 Å². The van der Waals surface area contributed by atoms with Gasteiger partial charge in [0.15, 0.2) is 0 Å². The van der Waals surface area contributed by atoms with Gasteiger partial charge in [0.2, 0.25) is 0 Å². The van der Waals surface area contributed by atoms with E-state index in [-0.39, 0.29) is 7.43 Å². The maximum atomic E-state index is 3.69. The predicted octanol–water partition coefficient (Wildman–Crippen LogP) is 12.2. The topological polar surface area (TPSA) is 0 Å². The largest absolute Gasteiger partial charge is 0.0991 e. The van der Waals surface area contributed by atoms with Crippen molar-refractivity contribution in [2.75, 3.05) is 0 Å². The smallest absolute Gasteiger partial charge is 0.0233 e. The first-order valence-electron chi connectivity index (χ1n) is 12.8. The monoisotopic (exact) mass is 528 g/mol. The predicted molar refractivity (Wildman–Crippen MR) is 187 cm³/mol. The third-order valence-electron chi connectivity index (χ3n) is 5.20. The highest BCUT2D eigenvalue weighted by atomic mass is 13.9. The van der Waals surface area contributed by atoms with Crippen molar-refractivity contribution in [3.8, 4) is 0 Å². The van der Waals surface area contributed by atoms with Crippen molar-refractivity contribution in [3.05, 3.63) is 194 Å².